The number of alkyl halides is 1. The Morgan fingerprint density at radius 2 is 2.12 bits per heavy atom. The van der Waals surface area contributed by atoms with Gasteiger partial charge in [0.25, 0.3) is 5.91 Å². The first-order valence-electron chi connectivity index (χ1n) is 10.8. The number of rotatable bonds is 11. The summed E-state index contributed by atoms with van der Waals surface area (Å²) in [5.74, 6) is 0.0436. The van der Waals surface area contributed by atoms with E-state index in [4.69, 9.17) is 16.9 Å². The smallest absolute Gasteiger partial charge is 0.282 e. The number of halogens is 1. The zero-order valence-corrected chi connectivity index (χ0v) is 21.1. The van der Waals surface area contributed by atoms with Gasteiger partial charge in [-0.3, -0.25) is 9.52 Å². The van der Waals surface area contributed by atoms with Gasteiger partial charge in [-0.2, -0.15) is 5.26 Å². The minimum absolute atomic E-state index is 0.0715. The summed E-state index contributed by atoms with van der Waals surface area (Å²) in [6, 6.07) is 9.69. The van der Waals surface area contributed by atoms with Crippen LogP contribution in [0.2, 0.25) is 0 Å². The van der Waals surface area contributed by atoms with Crippen molar-refractivity contribution >= 4 is 45.0 Å². The van der Waals surface area contributed by atoms with Crippen LogP contribution in [0.1, 0.15) is 46.3 Å². The molecule has 1 heterocycles. The number of carbonyl (C=O) groups is 1. The number of benzene rings is 1. The van der Waals surface area contributed by atoms with E-state index in [1.807, 2.05) is 56.3 Å². The molecule has 0 aliphatic heterocycles. The van der Waals surface area contributed by atoms with Crippen LogP contribution in [0.25, 0.3) is 0 Å². The molecule has 174 valence electrons. The lowest BCUT2D eigenvalue weighted by Gasteiger charge is -2.22. The number of hydrogen-bond donors (Lipinski definition) is 1. The maximum Gasteiger partial charge on any atom is 0.282 e. The first kappa shape index (κ1) is 25.2. The molecular formula is C24H27ClN4O2S2. The predicted molar refractivity (Wildman–Crippen MR) is 136 cm³/mol. The molecule has 6 nitrogen and oxygen atoms in total. The van der Waals surface area contributed by atoms with E-state index >= 15 is 0 Å². The second kappa shape index (κ2) is 12.1. The molecule has 3 rings (SSSR count). The molecule has 1 saturated carbocycles. The molecular weight excluding hydrogens is 476 g/mol. The van der Waals surface area contributed by atoms with E-state index in [2.05, 4.69) is 20.7 Å². The van der Waals surface area contributed by atoms with Gasteiger partial charge in [-0.25, -0.2) is 9.19 Å². The fraction of sp³-hybridized carbons (Fsp3) is 0.375. The molecule has 0 spiro atoms. The molecule has 1 fully saturated rings. The fourth-order valence-corrected chi connectivity index (χ4v) is 5.17. The van der Waals surface area contributed by atoms with Crippen LogP contribution >= 0.6 is 22.9 Å². The number of thiazole rings is 1. The summed E-state index contributed by atoms with van der Waals surface area (Å²) in [7, 11) is -1.35. The molecule has 1 atom stereocenters. The number of aromatic nitrogens is 1. The first-order chi connectivity index (χ1) is 15.9. The third-order valence-corrected chi connectivity index (χ3v) is 7.88. The molecule has 1 aliphatic rings. The van der Waals surface area contributed by atoms with Gasteiger partial charge in [0.1, 0.15) is 16.7 Å². The average Bonchev–Trinajstić information content (AvgIpc) is 3.61. The predicted octanol–water partition coefficient (Wildman–Crippen LogP) is 4.67. The Bertz CT molecular complexity index is 1100. The number of nitriles is 1. The van der Waals surface area contributed by atoms with Crippen LogP contribution in [0.5, 0.6) is 0 Å². The second-order valence-corrected chi connectivity index (χ2v) is 10.7. The first-order valence-corrected chi connectivity index (χ1v) is 13.3. The van der Waals surface area contributed by atoms with E-state index < -0.39 is 11.0 Å². The van der Waals surface area contributed by atoms with E-state index in [0.29, 0.717) is 30.2 Å². The number of allylic oxidation sites excluding steroid dienone is 2. The monoisotopic (exact) mass is 502 g/mol. The summed E-state index contributed by atoms with van der Waals surface area (Å²) in [6.45, 7) is 5.13. The summed E-state index contributed by atoms with van der Waals surface area (Å²) in [6.07, 6.45) is 8.46. The van der Waals surface area contributed by atoms with E-state index in [9.17, 15) is 9.00 Å². The lowest BCUT2D eigenvalue weighted by molar-refractivity contribution is 0.0978. The third-order valence-electron chi connectivity index (χ3n) is 5.21. The molecule has 2 aromatic rings. The van der Waals surface area contributed by atoms with Crippen molar-refractivity contribution in [2.45, 2.75) is 38.4 Å². The van der Waals surface area contributed by atoms with Crippen molar-refractivity contribution in [3.63, 3.8) is 0 Å². The van der Waals surface area contributed by atoms with Crippen LogP contribution in [0.15, 0.2) is 48.1 Å². The molecule has 1 N–H and O–H groups in total. The highest BCUT2D eigenvalue weighted by Crippen LogP contribution is 2.28. The van der Waals surface area contributed by atoms with Gasteiger partial charge in [0, 0.05) is 23.8 Å². The van der Waals surface area contributed by atoms with Crippen molar-refractivity contribution in [3.05, 3.63) is 69.8 Å². The Hall–Kier alpha value is -2.47. The van der Waals surface area contributed by atoms with Gasteiger partial charge in [-0.05, 0) is 56.4 Å². The number of anilines is 1. The summed E-state index contributed by atoms with van der Waals surface area (Å²) in [5, 5.41) is 9.82. The van der Waals surface area contributed by atoms with Crippen LogP contribution in [0.4, 0.5) is 5.13 Å². The van der Waals surface area contributed by atoms with E-state index in [1.165, 1.54) is 11.3 Å². The molecule has 1 unspecified atom stereocenters. The molecule has 0 radical (unpaired) electrons. The highest BCUT2D eigenvalue weighted by atomic mass is 35.5. The average molecular weight is 503 g/mol. The quantitative estimate of drug-likeness (QED) is 0.356. The number of carbonyl (C=O) groups excluding carboxylic acids is 1. The van der Waals surface area contributed by atoms with E-state index in [1.54, 1.807) is 0 Å². The number of nitrogens with zero attached hydrogens (tertiary/aromatic N) is 3. The van der Waals surface area contributed by atoms with Crippen LogP contribution in [-0.4, -0.2) is 39.3 Å². The highest BCUT2D eigenvalue weighted by Gasteiger charge is 2.31. The molecule has 0 bridgehead atoms. The van der Waals surface area contributed by atoms with Gasteiger partial charge in [0.05, 0.1) is 16.9 Å². The number of hydrogen-bond acceptors (Lipinski definition) is 6. The van der Waals surface area contributed by atoms with Crippen LogP contribution in [0.3, 0.4) is 0 Å². The molecule has 1 amide bonds. The number of amides is 1. The summed E-state index contributed by atoms with van der Waals surface area (Å²) in [5.41, 5.74) is 3.16. The van der Waals surface area contributed by atoms with Crippen molar-refractivity contribution in [1.29, 1.82) is 5.26 Å². The largest absolute Gasteiger partial charge is 0.343 e. The molecule has 0 saturated heterocycles. The van der Waals surface area contributed by atoms with Gasteiger partial charge in [0.15, 0.2) is 5.13 Å². The zero-order valence-electron chi connectivity index (χ0n) is 18.7. The lowest BCUT2D eigenvalue weighted by atomic mass is 10.1. The Kier molecular flexibility index (Phi) is 9.24. The van der Waals surface area contributed by atoms with Crippen LogP contribution in [0, 0.1) is 18.3 Å². The maximum atomic E-state index is 12.7. The summed E-state index contributed by atoms with van der Waals surface area (Å²) < 4.78 is 14.7. The number of aryl methyl sites for hydroxylation is 1. The van der Waals surface area contributed by atoms with Crippen LogP contribution < -0.4 is 9.62 Å². The molecule has 1 aromatic heterocycles. The van der Waals surface area contributed by atoms with Crippen molar-refractivity contribution in [2.24, 2.45) is 0 Å². The Morgan fingerprint density at radius 1 is 1.39 bits per heavy atom. The van der Waals surface area contributed by atoms with Crippen molar-refractivity contribution < 1.29 is 9.00 Å². The normalized spacial score (nSPS) is 14.8. The highest BCUT2D eigenvalue weighted by molar-refractivity contribution is 7.84. The minimum Gasteiger partial charge on any atom is -0.343 e. The Balaban J connectivity index is 1.79. The van der Waals surface area contributed by atoms with Gasteiger partial charge in [0.2, 0.25) is 0 Å². The molecule has 33 heavy (non-hydrogen) atoms. The standard InChI is InChI=1S/C24H27ClN4O2S2/c1-3-18(5-4-13-25)16-29(14-12-19-6-8-20(15-26)9-7-19)24-27-22(17(2)32-24)23(30)28-33(31)21-10-11-21/h3-9,21H,10-14,16H2,1-2H3,(H,28,30)/b5-4-,18-3+. The topological polar surface area (TPSA) is 86.1 Å². The lowest BCUT2D eigenvalue weighted by Crippen LogP contribution is -2.30. The molecule has 1 aromatic carbocycles. The second-order valence-electron chi connectivity index (χ2n) is 7.73. The van der Waals surface area contributed by atoms with Gasteiger partial charge < -0.3 is 4.90 Å². The SMILES string of the molecule is C/C=C(\C=C/CCl)CN(CCc1ccc(C#N)cc1)c1nc(C(=O)NS(=O)C2CC2)c(C)s1. The molecule has 9 heteroatoms. The van der Waals surface area contributed by atoms with Crippen molar-refractivity contribution in [1.82, 2.24) is 9.71 Å². The van der Waals surface area contributed by atoms with Crippen molar-refractivity contribution in [3.8, 4) is 6.07 Å². The third kappa shape index (κ3) is 7.26. The molecule has 1 aliphatic carbocycles. The number of nitrogens with one attached hydrogen (secondary N) is 1. The van der Waals surface area contributed by atoms with Gasteiger partial charge >= 0.3 is 0 Å². The van der Waals surface area contributed by atoms with Gasteiger partial charge in [-0.1, -0.05) is 30.4 Å². The minimum atomic E-state index is -1.35. The van der Waals surface area contributed by atoms with E-state index in [0.717, 1.165) is 40.4 Å². The Labute approximate surface area is 206 Å². The maximum absolute atomic E-state index is 12.7. The van der Waals surface area contributed by atoms with Gasteiger partial charge in [-0.15, -0.1) is 22.9 Å². The zero-order chi connectivity index (χ0) is 23.8. The van der Waals surface area contributed by atoms with Crippen molar-refractivity contribution in [2.75, 3.05) is 23.9 Å². The summed E-state index contributed by atoms with van der Waals surface area (Å²) in [4.78, 5) is 20.2. The van der Waals surface area contributed by atoms with E-state index in [-0.39, 0.29) is 11.2 Å². The Morgan fingerprint density at radius 3 is 2.73 bits per heavy atom. The summed E-state index contributed by atoms with van der Waals surface area (Å²) >= 11 is 7.27. The fourth-order valence-electron chi connectivity index (χ4n) is 3.14. The van der Waals surface area contributed by atoms with Crippen LogP contribution in [-0.2, 0) is 17.4 Å².